The van der Waals surface area contributed by atoms with Crippen molar-refractivity contribution in [3.8, 4) is 0 Å². The van der Waals surface area contributed by atoms with Gasteiger partial charge in [-0.05, 0) is 42.8 Å². The van der Waals surface area contributed by atoms with Gasteiger partial charge in [-0.2, -0.15) is 0 Å². The minimum Gasteiger partial charge on any atom is -0.360 e. The van der Waals surface area contributed by atoms with Crippen molar-refractivity contribution in [1.29, 1.82) is 0 Å². The van der Waals surface area contributed by atoms with Gasteiger partial charge in [-0.3, -0.25) is 9.52 Å². The van der Waals surface area contributed by atoms with Gasteiger partial charge in [0.2, 0.25) is 0 Å². The summed E-state index contributed by atoms with van der Waals surface area (Å²) in [6.45, 7) is 1.65. The molecule has 144 valence electrons. The zero-order valence-corrected chi connectivity index (χ0v) is 16.3. The minimum absolute atomic E-state index is 0.00552. The molecule has 0 atom stereocenters. The second-order valence-electron chi connectivity index (χ2n) is 5.81. The van der Waals surface area contributed by atoms with Crippen molar-refractivity contribution >= 4 is 45.1 Å². The lowest BCUT2D eigenvalue weighted by atomic mass is 10.2. The van der Waals surface area contributed by atoms with Gasteiger partial charge in [0.05, 0.1) is 4.90 Å². The lowest BCUT2D eigenvalue weighted by molar-refractivity contribution is -0.112. The van der Waals surface area contributed by atoms with Crippen LogP contribution in [-0.4, -0.2) is 19.5 Å². The van der Waals surface area contributed by atoms with E-state index in [1.807, 2.05) is 30.3 Å². The number of carbonyl (C=O) groups is 1. The molecule has 0 bridgehead atoms. The summed E-state index contributed by atoms with van der Waals surface area (Å²) in [7, 11) is -3.82. The number of aryl methyl sites for hydroxylation is 1. The van der Waals surface area contributed by atoms with Crippen LogP contribution in [0.3, 0.4) is 0 Å². The number of amides is 1. The van der Waals surface area contributed by atoms with Crippen LogP contribution in [0.15, 0.2) is 75.1 Å². The van der Waals surface area contributed by atoms with Crippen LogP contribution < -0.4 is 10.0 Å². The molecule has 0 saturated carbocycles. The highest BCUT2D eigenvalue weighted by molar-refractivity contribution is 7.92. The number of carbonyl (C=O) groups excluding carboxylic acids is 1. The van der Waals surface area contributed by atoms with Gasteiger partial charge in [0, 0.05) is 11.8 Å². The summed E-state index contributed by atoms with van der Waals surface area (Å²) in [4.78, 5) is 12.2. The van der Waals surface area contributed by atoms with Crippen LogP contribution in [0.2, 0.25) is 0 Å². The van der Waals surface area contributed by atoms with Crippen molar-refractivity contribution in [2.45, 2.75) is 11.8 Å². The van der Waals surface area contributed by atoms with Gasteiger partial charge in [0.15, 0.2) is 5.82 Å². The lowest BCUT2D eigenvalue weighted by Gasteiger charge is -2.07. The van der Waals surface area contributed by atoms with Gasteiger partial charge in [0.25, 0.3) is 15.9 Å². The van der Waals surface area contributed by atoms with Gasteiger partial charge in [-0.25, -0.2) is 8.42 Å². The Morgan fingerprint density at radius 2 is 1.79 bits per heavy atom. The zero-order valence-electron chi connectivity index (χ0n) is 14.7. The van der Waals surface area contributed by atoms with E-state index in [0.717, 1.165) is 5.56 Å². The number of aromatic nitrogens is 1. The van der Waals surface area contributed by atoms with Gasteiger partial charge < -0.3 is 9.84 Å². The van der Waals surface area contributed by atoms with Crippen LogP contribution in [-0.2, 0) is 14.8 Å². The fourth-order valence-electron chi connectivity index (χ4n) is 2.28. The third-order valence-electron chi connectivity index (χ3n) is 3.60. The molecule has 0 fully saturated rings. The maximum absolute atomic E-state index is 12.3. The smallest absolute Gasteiger partial charge is 0.267 e. The zero-order chi connectivity index (χ0) is 20.1. The third-order valence-corrected chi connectivity index (χ3v) is 5.25. The molecule has 0 saturated heterocycles. The monoisotopic (exact) mass is 417 g/mol. The Balaban J connectivity index is 1.68. The molecule has 0 spiro atoms. The second kappa shape index (κ2) is 8.28. The first-order valence-electron chi connectivity index (χ1n) is 8.13. The van der Waals surface area contributed by atoms with Crippen LogP contribution >= 0.6 is 11.6 Å². The fourth-order valence-corrected chi connectivity index (χ4v) is 3.44. The Morgan fingerprint density at radius 1 is 1.11 bits per heavy atom. The number of nitrogens with zero attached hydrogens (tertiary/aromatic N) is 1. The number of benzene rings is 2. The average Bonchev–Trinajstić information content (AvgIpc) is 3.07. The lowest BCUT2D eigenvalue weighted by Crippen LogP contribution is -2.14. The minimum atomic E-state index is -3.82. The molecular formula is C19H16ClN3O4S. The van der Waals surface area contributed by atoms with Crippen LogP contribution in [0.5, 0.6) is 0 Å². The Morgan fingerprint density at radius 3 is 2.39 bits per heavy atom. The van der Waals surface area contributed by atoms with E-state index >= 15 is 0 Å². The van der Waals surface area contributed by atoms with Crippen molar-refractivity contribution in [3.63, 3.8) is 0 Å². The van der Waals surface area contributed by atoms with Gasteiger partial charge >= 0.3 is 0 Å². The number of halogens is 1. The van der Waals surface area contributed by atoms with Crippen molar-refractivity contribution in [2.75, 3.05) is 10.0 Å². The maximum Gasteiger partial charge on any atom is 0.267 e. The van der Waals surface area contributed by atoms with E-state index in [1.54, 1.807) is 13.0 Å². The molecule has 7 nitrogen and oxygen atoms in total. The molecule has 1 heterocycles. The van der Waals surface area contributed by atoms with E-state index < -0.39 is 15.9 Å². The molecule has 1 aromatic heterocycles. The van der Waals surface area contributed by atoms with Crippen molar-refractivity contribution in [1.82, 2.24) is 5.16 Å². The predicted molar refractivity (Wildman–Crippen MR) is 107 cm³/mol. The molecule has 2 N–H and O–H groups in total. The highest BCUT2D eigenvalue weighted by atomic mass is 35.5. The van der Waals surface area contributed by atoms with Crippen LogP contribution in [0.4, 0.5) is 11.5 Å². The topological polar surface area (TPSA) is 101 Å². The highest BCUT2D eigenvalue weighted by Crippen LogP contribution is 2.19. The van der Waals surface area contributed by atoms with E-state index in [2.05, 4.69) is 15.2 Å². The Labute approximate surface area is 167 Å². The molecule has 28 heavy (non-hydrogen) atoms. The van der Waals surface area contributed by atoms with Crippen LogP contribution in [0.25, 0.3) is 6.08 Å². The first-order chi connectivity index (χ1) is 13.3. The number of sulfonamides is 1. The Kier molecular flexibility index (Phi) is 5.81. The van der Waals surface area contributed by atoms with Gasteiger partial charge in [-0.15, -0.1) is 0 Å². The quantitative estimate of drug-likeness (QED) is 0.590. The first kappa shape index (κ1) is 19.7. The summed E-state index contributed by atoms with van der Waals surface area (Å²) < 4.78 is 31.8. The maximum atomic E-state index is 12.3. The number of rotatable bonds is 6. The normalized spacial score (nSPS) is 11.9. The fraction of sp³-hybridized carbons (Fsp3) is 0.0526. The highest BCUT2D eigenvalue weighted by Gasteiger charge is 2.16. The average molecular weight is 418 g/mol. The molecule has 2 aromatic carbocycles. The van der Waals surface area contributed by atoms with E-state index in [1.165, 1.54) is 30.3 Å². The van der Waals surface area contributed by atoms with Crippen molar-refractivity contribution in [2.24, 2.45) is 0 Å². The number of hydrogen-bond donors (Lipinski definition) is 2. The molecule has 3 aromatic rings. The van der Waals surface area contributed by atoms with Gasteiger partial charge in [-0.1, -0.05) is 47.1 Å². The standard InChI is InChI=1S/C19H16ClN3O4S/c1-13-11-18(22-27-13)23-28(25,26)16-9-7-15(8-10-16)21-19(24)17(20)12-14-5-3-2-4-6-14/h2-12H,1H3,(H,21,24)(H,22,23). The summed E-state index contributed by atoms with van der Waals surface area (Å²) in [5.74, 6) is 0.0706. The molecule has 0 radical (unpaired) electrons. The van der Waals surface area contributed by atoms with Crippen LogP contribution in [0.1, 0.15) is 11.3 Å². The summed E-state index contributed by atoms with van der Waals surface area (Å²) in [6, 6.07) is 16.3. The van der Waals surface area contributed by atoms with Gasteiger partial charge in [0.1, 0.15) is 10.8 Å². The molecule has 0 aliphatic rings. The molecule has 3 rings (SSSR count). The van der Waals surface area contributed by atoms with E-state index in [0.29, 0.717) is 11.4 Å². The molecule has 9 heteroatoms. The molecule has 0 aliphatic carbocycles. The molecule has 0 unspecified atom stereocenters. The summed E-state index contributed by atoms with van der Waals surface area (Å²) in [5, 5.41) is 6.21. The van der Waals surface area contributed by atoms with Crippen molar-refractivity contribution in [3.05, 3.63) is 77.0 Å². The first-order valence-corrected chi connectivity index (χ1v) is 9.99. The second-order valence-corrected chi connectivity index (χ2v) is 7.90. The molecule has 1 amide bonds. The van der Waals surface area contributed by atoms with E-state index in [9.17, 15) is 13.2 Å². The molecule has 0 aliphatic heterocycles. The largest absolute Gasteiger partial charge is 0.360 e. The third kappa shape index (κ3) is 4.99. The number of nitrogens with one attached hydrogen (secondary N) is 2. The van der Waals surface area contributed by atoms with Crippen molar-refractivity contribution < 1.29 is 17.7 Å². The Bertz CT molecular complexity index is 1110. The van der Waals surface area contributed by atoms with Crippen LogP contribution in [0, 0.1) is 6.92 Å². The Hall–Kier alpha value is -3.10. The summed E-state index contributed by atoms with van der Waals surface area (Å²) in [6.07, 6.45) is 1.54. The number of hydrogen-bond acceptors (Lipinski definition) is 5. The van der Waals surface area contributed by atoms with E-state index in [4.69, 9.17) is 16.1 Å². The SMILES string of the molecule is Cc1cc(NS(=O)(=O)c2ccc(NC(=O)C(Cl)=Cc3ccccc3)cc2)no1. The summed E-state index contributed by atoms with van der Waals surface area (Å²) in [5.41, 5.74) is 1.19. The number of anilines is 2. The summed E-state index contributed by atoms with van der Waals surface area (Å²) >= 11 is 6.04. The predicted octanol–water partition coefficient (Wildman–Crippen LogP) is 4.00. The molecular weight excluding hydrogens is 402 g/mol. The van der Waals surface area contributed by atoms with E-state index in [-0.39, 0.29) is 15.7 Å².